The van der Waals surface area contributed by atoms with Gasteiger partial charge in [0.15, 0.2) is 0 Å². The number of carbonyl (C=O) groups excluding carboxylic acids is 2. The van der Waals surface area contributed by atoms with E-state index in [2.05, 4.69) is 15.9 Å². The topological polar surface area (TPSA) is 158 Å². The van der Waals surface area contributed by atoms with Crippen molar-refractivity contribution in [3.63, 3.8) is 0 Å². The summed E-state index contributed by atoms with van der Waals surface area (Å²) in [5.41, 5.74) is 7.06. The normalized spacial score (nSPS) is 14.7. The number of nitriles is 1. The van der Waals surface area contributed by atoms with Crippen LogP contribution in [0.5, 0.6) is 5.75 Å². The van der Waals surface area contributed by atoms with Crippen molar-refractivity contribution >= 4 is 39.2 Å². The Hall–Kier alpha value is -5.15. The van der Waals surface area contributed by atoms with Crippen LogP contribution in [0.3, 0.4) is 0 Å². The molecule has 1 aliphatic rings. The summed E-state index contributed by atoms with van der Waals surface area (Å²) >= 11 is 3.42. The highest BCUT2D eigenvalue weighted by Crippen LogP contribution is 2.48. The number of esters is 2. The molecule has 0 saturated carbocycles. The maximum absolute atomic E-state index is 13.4. The quantitative estimate of drug-likeness (QED) is 0.206. The minimum absolute atomic E-state index is 0.113. The molecule has 0 fully saturated rings. The van der Waals surface area contributed by atoms with Gasteiger partial charge in [-0.2, -0.15) is 5.26 Å². The largest absolute Gasteiger partial charge is 0.497 e. The molecule has 42 heavy (non-hydrogen) atoms. The fraction of sp³-hybridized carbons (Fsp3) is 0.167. The molecule has 4 rings (SSSR count). The fourth-order valence-electron chi connectivity index (χ4n) is 4.83. The Morgan fingerprint density at radius 1 is 1.02 bits per heavy atom. The van der Waals surface area contributed by atoms with Gasteiger partial charge < -0.3 is 19.9 Å². The molecule has 1 heterocycles. The summed E-state index contributed by atoms with van der Waals surface area (Å²) in [6.07, 6.45) is 0.335. The second-order valence-electron chi connectivity index (χ2n) is 9.06. The van der Waals surface area contributed by atoms with E-state index in [0.29, 0.717) is 23.3 Å². The van der Waals surface area contributed by atoms with Crippen LogP contribution < -0.4 is 15.4 Å². The van der Waals surface area contributed by atoms with E-state index in [9.17, 15) is 25.0 Å². The summed E-state index contributed by atoms with van der Waals surface area (Å²) in [5.74, 6) is -2.68. The average molecular weight is 633 g/mol. The van der Waals surface area contributed by atoms with Crippen LogP contribution in [-0.4, -0.2) is 38.2 Å². The van der Waals surface area contributed by atoms with Crippen LogP contribution in [0.2, 0.25) is 0 Å². The number of carbonyl (C=O) groups is 2. The predicted molar refractivity (Wildman–Crippen MR) is 156 cm³/mol. The van der Waals surface area contributed by atoms with Crippen molar-refractivity contribution in [3.8, 4) is 11.8 Å². The van der Waals surface area contributed by atoms with E-state index < -0.39 is 34.2 Å². The summed E-state index contributed by atoms with van der Waals surface area (Å²) in [5, 5.41) is 22.7. The van der Waals surface area contributed by atoms with Gasteiger partial charge >= 0.3 is 11.9 Å². The number of hydrogen-bond donors (Lipinski definition) is 1. The van der Waals surface area contributed by atoms with Crippen LogP contribution in [0.4, 0.5) is 11.4 Å². The maximum Gasteiger partial charge on any atom is 0.355 e. The van der Waals surface area contributed by atoms with Gasteiger partial charge in [-0.25, -0.2) is 9.59 Å². The highest BCUT2D eigenvalue weighted by molar-refractivity contribution is 9.10. The zero-order valence-corrected chi connectivity index (χ0v) is 24.4. The molecule has 214 valence electrons. The van der Waals surface area contributed by atoms with E-state index in [1.54, 1.807) is 55.6 Å². The number of nitro groups is 1. The Labute approximate surface area is 249 Å². The number of rotatable bonds is 8. The Balaban J connectivity index is 2.00. The Morgan fingerprint density at radius 3 is 2.21 bits per heavy atom. The van der Waals surface area contributed by atoms with Crippen molar-refractivity contribution in [1.82, 2.24) is 0 Å². The molecule has 2 N–H and O–H groups in total. The number of allylic oxidation sites excluding steroid dienone is 1. The second-order valence-corrected chi connectivity index (χ2v) is 9.92. The summed E-state index contributed by atoms with van der Waals surface area (Å²) < 4.78 is 15.4. The number of halogens is 1. The predicted octanol–water partition coefficient (Wildman–Crippen LogP) is 4.85. The third-order valence-corrected chi connectivity index (χ3v) is 7.31. The molecule has 3 aromatic rings. The first-order valence-electron chi connectivity index (χ1n) is 12.4. The molecule has 1 atom stereocenters. The molecule has 3 aromatic carbocycles. The van der Waals surface area contributed by atoms with Gasteiger partial charge in [-0.3, -0.25) is 15.0 Å². The van der Waals surface area contributed by atoms with Gasteiger partial charge in [0.25, 0.3) is 5.69 Å². The summed E-state index contributed by atoms with van der Waals surface area (Å²) in [6.45, 7) is 0. The number of hydrogen-bond acceptors (Lipinski definition) is 10. The molecule has 0 saturated heterocycles. The number of nitrogens with zero attached hydrogens (tertiary/aromatic N) is 3. The van der Waals surface area contributed by atoms with Crippen molar-refractivity contribution in [2.45, 2.75) is 12.3 Å². The van der Waals surface area contributed by atoms with E-state index in [0.717, 1.165) is 24.7 Å². The smallest absolute Gasteiger partial charge is 0.355 e. The molecular formula is C30H25BrN4O7. The Kier molecular flexibility index (Phi) is 8.93. The lowest BCUT2D eigenvalue weighted by Crippen LogP contribution is -2.41. The van der Waals surface area contributed by atoms with E-state index in [-0.39, 0.29) is 27.1 Å². The van der Waals surface area contributed by atoms with Gasteiger partial charge in [-0.05, 0) is 57.2 Å². The van der Waals surface area contributed by atoms with Crippen LogP contribution in [0, 0.1) is 21.4 Å². The lowest BCUT2D eigenvalue weighted by molar-refractivity contribution is -0.384. The average Bonchev–Trinajstić information content (AvgIpc) is 3.00. The molecule has 1 aliphatic heterocycles. The maximum atomic E-state index is 13.4. The molecule has 0 spiro atoms. The van der Waals surface area contributed by atoms with Crippen LogP contribution in [0.15, 0.2) is 93.9 Å². The van der Waals surface area contributed by atoms with Crippen LogP contribution >= 0.6 is 15.9 Å². The molecule has 0 aromatic heterocycles. The molecular weight excluding hydrogens is 608 g/mol. The van der Waals surface area contributed by atoms with Gasteiger partial charge in [-0.15, -0.1) is 0 Å². The van der Waals surface area contributed by atoms with Gasteiger partial charge in [0.05, 0.1) is 49.4 Å². The lowest BCUT2D eigenvalue weighted by Gasteiger charge is -2.36. The standard InChI is InChI=1S/C30H25BrN4O7/c1-40-20-11-9-17(10-12-20)13-18-14-22(31)26(23(15-18)35(38)39)34-27(30(37)42-3)25(29(36)41-2)24(21(16-32)28(34)33)19-7-5-4-6-8-19/h4-12,14-15,24H,13,33H2,1-3H3. The van der Waals surface area contributed by atoms with Gasteiger partial charge in [0.1, 0.15) is 23.0 Å². The number of nitro benzene ring substituents is 1. The minimum Gasteiger partial charge on any atom is -0.497 e. The lowest BCUT2D eigenvalue weighted by atomic mass is 9.81. The molecule has 0 amide bonds. The Morgan fingerprint density at radius 2 is 1.67 bits per heavy atom. The molecule has 1 unspecified atom stereocenters. The highest BCUT2D eigenvalue weighted by Gasteiger charge is 2.45. The molecule has 11 nitrogen and oxygen atoms in total. The fourth-order valence-corrected chi connectivity index (χ4v) is 5.50. The van der Waals surface area contributed by atoms with E-state index in [1.807, 2.05) is 18.2 Å². The minimum atomic E-state index is -1.11. The first-order valence-corrected chi connectivity index (χ1v) is 13.2. The highest BCUT2D eigenvalue weighted by atomic mass is 79.9. The monoisotopic (exact) mass is 632 g/mol. The van der Waals surface area contributed by atoms with Gasteiger partial charge in [0, 0.05) is 10.5 Å². The van der Waals surface area contributed by atoms with Crippen molar-refractivity contribution in [2.24, 2.45) is 5.73 Å². The molecule has 12 heteroatoms. The number of nitrogens with two attached hydrogens (primary N) is 1. The first-order chi connectivity index (χ1) is 20.2. The van der Waals surface area contributed by atoms with Crippen molar-refractivity contribution in [2.75, 3.05) is 26.2 Å². The summed E-state index contributed by atoms with van der Waals surface area (Å²) in [7, 11) is 3.77. The third kappa shape index (κ3) is 5.55. The first kappa shape index (κ1) is 29.8. The number of benzene rings is 3. The van der Waals surface area contributed by atoms with Crippen LogP contribution in [-0.2, 0) is 25.5 Å². The third-order valence-electron chi connectivity index (χ3n) is 6.70. The Bertz CT molecular complexity index is 1660. The zero-order chi connectivity index (χ0) is 30.6. The van der Waals surface area contributed by atoms with Crippen LogP contribution in [0.25, 0.3) is 0 Å². The SMILES string of the molecule is COC(=O)C1=C(C(=O)OC)N(c2c(Br)cc(Cc3ccc(OC)cc3)cc2[N+](=O)[O-])C(N)=C(C#N)C1c1ccccc1. The van der Waals surface area contributed by atoms with Gasteiger partial charge in [0.2, 0.25) is 0 Å². The zero-order valence-electron chi connectivity index (χ0n) is 22.8. The molecule has 0 radical (unpaired) electrons. The molecule has 0 bridgehead atoms. The summed E-state index contributed by atoms with van der Waals surface area (Å²) in [6, 6.07) is 20.7. The van der Waals surface area contributed by atoms with Crippen molar-refractivity contribution < 1.29 is 28.7 Å². The number of methoxy groups -OCH3 is 3. The number of ether oxygens (including phenoxy) is 3. The van der Waals surface area contributed by atoms with E-state index >= 15 is 0 Å². The van der Waals surface area contributed by atoms with Crippen LogP contribution in [0.1, 0.15) is 22.6 Å². The van der Waals surface area contributed by atoms with E-state index in [4.69, 9.17) is 19.9 Å². The summed E-state index contributed by atoms with van der Waals surface area (Å²) in [4.78, 5) is 39.5. The van der Waals surface area contributed by atoms with Crippen molar-refractivity contribution in [1.29, 1.82) is 5.26 Å². The number of anilines is 1. The van der Waals surface area contributed by atoms with E-state index in [1.165, 1.54) is 6.07 Å². The second kappa shape index (κ2) is 12.6. The van der Waals surface area contributed by atoms with Crippen molar-refractivity contribution in [3.05, 3.63) is 121 Å². The van der Waals surface area contributed by atoms with Gasteiger partial charge in [-0.1, -0.05) is 42.5 Å². The molecule has 0 aliphatic carbocycles.